The van der Waals surface area contributed by atoms with Gasteiger partial charge in [-0.05, 0) is 30.7 Å². The van der Waals surface area contributed by atoms with Crippen molar-refractivity contribution in [2.45, 2.75) is 18.6 Å². The normalized spacial score (nSPS) is 23.5. The first-order valence-corrected chi connectivity index (χ1v) is 7.76. The predicted octanol–water partition coefficient (Wildman–Crippen LogP) is 2.34. The van der Waals surface area contributed by atoms with Crippen LogP contribution in [0.1, 0.15) is 12.2 Å². The molecule has 2 fully saturated rings. The fourth-order valence-corrected chi connectivity index (χ4v) is 3.44. The molecule has 2 aliphatic heterocycles. The summed E-state index contributed by atoms with van der Waals surface area (Å²) in [5.74, 6) is 2.29. The summed E-state index contributed by atoms with van der Waals surface area (Å²) in [6.07, 6.45) is 6.30. The fourth-order valence-electron chi connectivity index (χ4n) is 3.44. The van der Waals surface area contributed by atoms with Gasteiger partial charge in [-0.3, -0.25) is 9.88 Å². The highest BCUT2D eigenvalue weighted by atomic mass is 16.5. The molecule has 1 atom stereocenters. The minimum absolute atomic E-state index is 0.0329. The van der Waals surface area contributed by atoms with E-state index in [-0.39, 0.29) is 5.60 Å². The second kappa shape index (κ2) is 5.74. The van der Waals surface area contributed by atoms with Crippen LogP contribution in [-0.2, 0) is 11.3 Å². The van der Waals surface area contributed by atoms with Gasteiger partial charge in [-0.25, -0.2) is 0 Å². The van der Waals surface area contributed by atoms with Crippen LogP contribution < -0.4 is 4.74 Å². The van der Waals surface area contributed by atoms with Gasteiger partial charge in [0.2, 0.25) is 0 Å². The van der Waals surface area contributed by atoms with Gasteiger partial charge >= 0.3 is 0 Å². The molecular formula is C17H20N2O3. The van der Waals surface area contributed by atoms with Crippen molar-refractivity contribution in [1.82, 2.24) is 9.88 Å². The van der Waals surface area contributed by atoms with Crippen molar-refractivity contribution in [1.29, 1.82) is 0 Å². The number of ether oxygens (including phenoxy) is 2. The topological polar surface area (TPSA) is 47.7 Å². The molecule has 0 N–H and O–H groups in total. The summed E-state index contributed by atoms with van der Waals surface area (Å²) < 4.78 is 17.4. The second-order valence-corrected chi connectivity index (χ2v) is 6.12. The predicted molar refractivity (Wildman–Crippen MR) is 80.5 cm³/mol. The van der Waals surface area contributed by atoms with Crippen LogP contribution in [0.2, 0.25) is 0 Å². The lowest BCUT2D eigenvalue weighted by atomic mass is 9.81. The van der Waals surface area contributed by atoms with Crippen LogP contribution in [0.4, 0.5) is 0 Å². The van der Waals surface area contributed by atoms with Gasteiger partial charge in [0.05, 0.1) is 31.2 Å². The van der Waals surface area contributed by atoms with Crippen molar-refractivity contribution in [2.75, 3.05) is 26.3 Å². The number of hydrogen-bond acceptors (Lipinski definition) is 5. The van der Waals surface area contributed by atoms with Crippen LogP contribution in [0.3, 0.4) is 0 Å². The highest BCUT2D eigenvalue weighted by molar-refractivity contribution is 5.16. The first-order valence-electron chi connectivity index (χ1n) is 7.76. The van der Waals surface area contributed by atoms with E-state index < -0.39 is 0 Å². The Morgan fingerprint density at radius 2 is 2.27 bits per heavy atom. The lowest BCUT2D eigenvalue weighted by molar-refractivity contribution is -0.142. The summed E-state index contributed by atoms with van der Waals surface area (Å²) in [4.78, 5) is 6.44. The summed E-state index contributed by atoms with van der Waals surface area (Å²) >= 11 is 0. The zero-order chi connectivity index (χ0) is 14.8. The van der Waals surface area contributed by atoms with Crippen molar-refractivity contribution in [3.05, 3.63) is 48.7 Å². The highest BCUT2D eigenvalue weighted by Crippen LogP contribution is 2.40. The summed E-state index contributed by atoms with van der Waals surface area (Å²) in [6, 6.07) is 7.79. The number of pyridine rings is 1. The maximum absolute atomic E-state index is 6.06. The van der Waals surface area contributed by atoms with Gasteiger partial charge in [-0.1, -0.05) is 0 Å². The summed E-state index contributed by atoms with van der Waals surface area (Å²) in [5, 5.41) is 0. The molecule has 0 bridgehead atoms. The highest BCUT2D eigenvalue weighted by Gasteiger charge is 2.53. The Hall–Kier alpha value is -1.85. The van der Waals surface area contributed by atoms with Crippen molar-refractivity contribution in [3.8, 4) is 5.75 Å². The van der Waals surface area contributed by atoms with Gasteiger partial charge in [0.15, 0.2) is 0 Å². The number of likely N-dealkylation sites (tertiary alicyclic amines) is 1. The van der Waals surface area contributed by atoms with Crippen molar-refractivity contribution in [2.24, 2.45) is 5.92 Å². The Bertz CT molecular complexity index is 594. The van der Waals surface area contributed by atoms with Crippen molar-refractivity contribution in [3.63, 3.8) is 0 Å². The molecule has 5 heteroatoms. The number of nitrogens with zero attached hydrogens (tertiary/aromatic N) is 2. The van der Waals surface area contributed by atoms with E-state index in [0.29, 0.717) is 12.5 Å². The zero-order valence-electron chi connectivity index (χ0n) is 12.5. The van der Waals surface area contributed by atoms with Gasteiger partial charge in [0.1, 0.15) is 11.5 Å². The van der Waals surface area contributed by atoms with Crippen LogP contribution in [0.15, 0.2) is 47.3 Å². The third kappa shape index (κ3) is 2.62. The smallest absolute Gasteiger partial charge is 0.137 e. The third-order valence-corrected chi connectivity index (χ3v) is 4.63. The van der Waals surface area contributed by atoms with Gasteiger partial charge < -0.3 is 13.9 Å². The molecule has 2 saturated heterocycles. The molecule has 0 radical (unpaired) electrons. The molecule has 0 aromatic carbocycles. The van der Waals surface area contributed by atoms with Crippen LogP contribution in [0, 0.1) is 5.92 Å². The monoisotopic (exact) mass is 300 g/mol. The van der Waals surface area contributed by atoms with Gasteiger partial charge in [-0.15, -0.1) is 0 Å². The average Bonchev–Trinajstić information content (AvgIpc) is 3.15. The van der Waals surface area contributed by atoms with Crippen molar-refractivity contribution < 1.29 is 13.9 Å². The molecule has 22 heavy (non-hydrogen) atoms. The average molecular weight is 300 g/mol. The van der Waals surface area contributed by atoms with E-state index >= 15 is 0 Å². The molecule has 1 spiro atoms. The lowest BCUT2D eigenvalue weighted by Crippen LogP contribution is -2.64. The first kappa shape index (κ1) is 13.8. The minimum Gasteiger partial charge on any atom is -0.492 e. The Kier molecular flexibility index (Phi) is 3.60. The van der Waals surface area contributed by atoms with Gasteiger partial charge in [0, 0.05) is 31.8 Å². The molecule has 2 aliphatic rings. The quantitative estimate of drug-likeness (QED) is 0.848. The summed E-state index contributed by atoms with van der Waals surface area (Å²) in [7, 11) is 0. The Labute approximate surface area is 129 Å². The van der Waals surface area contributed by atoms with Crippen LogP contribution in [0.25, 0.3) is 0 Å². The number of aromatic nitrogens is 1. The van der Waals surface area contributed by atoms with Gasteiger partial charge in [-0.2, -0.15) is 0 Å². The fraction of sp³-hybridized carbons (Fsp3) is 0.471. The van der Waals surface area contributed by atoms with Crippen LogP contribution in [-0.4, -0.2) is 41.8 Å². The Balaban J connectivity index is 1.32. The maximum Gasteiger partial charge on any atom is 0.137 e. The molecule has 0 amide bonds. The minimum atomic E-state index is -0.0329. The Morgan fingerprint density at radius 3 is 3.05 bits per heavy atom. The molecule has 0 saturated carbocycles. The summed E-state index contributed by atoms with van der Waals surface area (Å²) in [5.41, 5.74) is -0.0329. The van der Waals surface area contributed by atoms with Gasteiger partial charge in [0.25, 0.3) is 0 Å². The lowest BCUT2D eigenvalue weighted by Gasteiger charge is -2.49. The van der Waals surface area contributed by atoms with Crippen LogP contribution >= 0.6 is 0 Å². The molecule has 0 aliphatic carbocycles. The largest absolute Gasteiger partial charge is 0.492 e. The van der Waals surface area contributed by atoms with E-state index in [2.05, 4.69) is 9.88 Å². The molecule has 5 nitrogen and oxygen atoms in total. The molecule has 2 aromatic rings. The van der Waals surface area contributed by atoms with E-state index in [0.717, 1.165) is 44.2 Å². The molecule has 116 valence electrons. The van der Waals surface area contributed by atoms with E-state index in [1.165, 1.54) is 0 Å². The number of rotatable bonds is 5. The molecule has 1 unspecified atom stereocenters. The first-order chi connectivity index (χ1) is 10.8. The number of hydrogen-bond donors (Lipinski definition) is 0. The standard InChI is InChI=1S/C17H20N2O3/c1-3-15(9-18-6-1)21-11-14-5-8-22-17(14)12-19(13-17)10-16-4-2-7-20-16/h1-4,6-7,9,14H,5,8,10-13H2. The third-order valence-electron chi connectivity index (χ3n) is 4.63. The molecule has 4 heterocycles. The van der Waals surface area contributed by atoms with E-state index in [4.69, 9.17) is 13.9 Å². The van der Waals surface area contributed by atoms with E-state index in [1.54, 1.807) is 18.7 Å². The van der Waals surface area contributed by atoms with Crippen molar-refractivity contribution >= 4 is 0 Å². The summed E-state index contributed by atoms with van der Waals surface area (Å²) in [6.45, 7) is 4.29. The second-order valence-electron chi connectivity index (χ2n) is 6.12. The maximum atomic E-state index is 6.06. The van der Waals surface area contributed by atoms with Crippen LogP contribution in [0.5, 0.6) is 5.75 Å². The molecule has 2 aromatic heterocycles. The van der Waals surface area contributed by atoms with E-state index in [9.17, 15) is 0 Å². The molecular weight excluding hydrogens is 280 g/mol. The zero-order valence-corrected chi connectivity index (χ0v) is 12.5. The number of furan rings is 1. The SMILES string of the molecule is c1cncc(OCC2CCOC23CN(Cc2ccco2)C3)c1. The van der Waals surface area contributed by atoms with E-state index in [1.807, 2.05) is 24.3 Å². The molecule has 4 rings (SSSR count). The Morgan fingerprint density at radius 1 is 1.32 bits per heavy atom.